The van der Waals surface area contributed by atoms with E-state index in [1.54, 1.807) is 0 Å². The van der Waals surface area contributed by atoms with Crippen LogP contribution in [-0.4, -0.2) is 5.78 Å². The second kappa shape index (κ2) is 5.37. The average molecular weight is 124 g/mol. The molecule has 0 bridgehead atoms. The third kappa shape index (κ3) is 3.78. The fourth-order valence-corrected chi connectivity index (χ4v) is 0.946. The van der Waals surface area contributed by atoms with E-state index in [2.05, 4.69) is 12.8 Å². The van der Waals surface area contributed by atoms with Crippen LogP contribution in [0.2, 0.25) is 0 Å². The van der Waals surface area contributed by atoms with Gasteiger partial charge in [-0.25, -0.2) is 0 Å². The summed E-state index contributed by atoms with van der Waals surface area (Å²) in [5.74, 6) is 0.464. The predicted octanol–water partition coefficient (Wildman–Crippen LogP) is 1.77. The van der Waals surface area contributed by atoms with Crippen molar-refractivity contribution in [3.63, 3.8) is 0 Å². The molecule has 0 spiro atoms. The summed E-state index contributed by atoms with van der Waals surface area (Å²) < 4.78 is 0. The highest BCUT2D eigenvalue weighted by Gasteiger charge is 2.05. The fraction of sp³-hybridized carbons (Fsp3) is 0.625. The number of Topliss-reactive ketones (excluding diaryl/α,β-unsaturated/α-hetero) is 1. The summed E-state index contributed by atoms with van der Waals surface area (Å²) in [6.07, 6.45) is 13.2. The topological polar surface area (TPSA) is 17.1 Å². The highest BCUT2D eigenvalue weighted by molar-refractivity contribution is 5.78. The molecule has 1 nitrogen and oxygen atoms in total. The molecular formula is C8H12O. The molecule has 0 aromatic carbocycles. The minimum atomic E-state index is 0.464. The SMILES string of the molecule is C#C.O=C1CCCCC1. The van der Waals surface area contributed by atoms with Gasteiger partial charge in [0.05, 0.1) is 0 Å². The van der Waals surface area contributed by atoms with Crippen molar-refractivity contribution in [2.75, 3.05) is 0 Å². The van der Waals surface area contributed by atoms with Crippen molar-refractivity contribution in [1.82, 2.24) is 0 Å². The first-order valence-electron chi connectivity index (χ1n) is 3.24. The first-order chi connectivity index (χ1) is 4.39. The number of carbonyl (C=O) groups is 1. The molecule has 0 aliphatic heterocycles. The van der Waals surface area contributed by atoms with Gasteiger partial charge >= 0.3 is 0 Å². The van der Waals surface area contributed by atoms with Crippen LogP contribution in [0.5, 0.6) is 0 Å². The maximum Gasteiger partial charge on any atom is 0.132 e. The molecule has 1 aliphatic carbocycles. The zero-order valence-corrected chi connectivity index (χ0v) is 5.60. The molecule has 1 rings (SSSR count). The molecule has 0 saturated heterocycles. The van der Waals surface area contributed by atoms with Gasteiger partial charge in [0, 0.05) is 12.8 Å². The van der Waals surface area contributed by atoms with Crippen molar-refractivity contribution in [2.45, 2.75) is 32.1 Å². The quantitative estimate of drug-likeness (QED) is 0.450. The Balaban J connectivity index is 0.000000291. The Hall–Kier alpha value is -0.770. The molecule has 0 unspecified atom stereocenters. The van der Waals surface area contributed by atoms with Crippen molar-refractivity contribution in [3.05, 3.63) is 0 Å². The molecule has 50 valence electrons. The van der Waals surface area contributed by atoms with Crippen LogP contribution in [0.1, 0.15) is 32.1 Å². The van der Waals surface area contributed by atoms with E-state index in [1.807, 2.05) is 0 Å². The Kier molecular flexibility index (Phi) is 4.91. The number of carbonyl (C=O) groups excluding carboxylic acids is 1. The maximum absolute atomic E-state index is 10.5. The summed E-state index contributed by atoms with van der Waals surface area (Å²) in [6, 6.07) is 0. The lowest BCUT2D eigenvalue weighted by molar-refractivity contribution is -0.120. The van der Waals surface area contributed by atoms with E-state index in [9.17, 15) is 4.79 Å². The van der Waals surface area contributed by atoms with Gasteiger partial charge in [0.2, 0.25) is 0 Å². The van der Waals surface area contributed by atoms with Crippen LogP contribution in [0, 0.1) is 12.8 Å². The van der Waals surface area contributed by atoms with E-state index in [1.165, 1.54) is 6.42 Å². The van der Waals surface area contributed by atoms with Crippen molar-refractivity contribution in [1.29, 1.82) is 0 Å². The highest BCUT2D eigenvalue weighted by atomic mass is 16.1. The van der Waals surface area contributed by atoms with Crippen LogP contribution < -0.4 is 0 Å². The third-order valence-electron chi connectivity index (χ3n) is 1.41. The van der Waals surface area contributed by atoms with Crippen LogP contribution in [0.25, 0.3) is 0 Å². The molecule has 1 heteroatoms. The largest absolute Gasteiger partial charge is 0.300 e. The van der Waals surface area contributed by atoms with E-state index in [4.69, 9.17) is 0 Å². The van der Waals surface area contributed by atoms with Crippen LogP contribution in [0.15, 0.2) is 0 Å². The van der Waals surface area contributed by atoms with Crippen LogP contribution in [0.3, 0.4) is 0 Å². The van der Waals surface area contributed by atoms with Crippen molar-refractivity contribution >= 4 is 5.78 Å². The number of hydrogen-bond donors (Lipinski definition) is 0. The zero-order valence-electron chi connectivity index (χ0n) is 5.60. The lowest BCUT2D eigenvalue weighted by Crippen LogP contribution is -2.02. The molecule has 1 saturated carbocycles. The van der Waals surface area contributed by atoms with Gasteiger partial charge < -0.3 is 0 Å². The Morgan fingerprint density at radius 3 is 1.67 bits per heavy atom. The molecular weight excluding hydrogens is 112 g/mol. The molecule has 1 fully saturated rings. The van der Waals surface area contributed by atoms with E-state index in [-0.39, 0.29) is 0 Å². The summed E-state index contributed by atoms with van der Waals surface area (Å²) in [5, 5.41) is 0. The molecule has 0 atom stereocenters. The summed E-state index contributed by atoms with van der Waals surface area (Å²) in [5.41, 5.74) is 0. The Bertz CT molecular complexity index is 94.4. The Morgan fingerprint density at radius 2 is 1.44 bits per heavy atom. The van der Waals surface area contributed by atoms with E-state index in [0.717, 1.165) is 25.7 Å². The fourth-order valence-electron chi connectivity index (χ4n) is 0.946. The van der Waals surface area contributed by atoms with Crippen LogP contribution in [0.4, 0.5) is 0 Å². The minimum absolute atomic E-state index is 0.464. The molecule has 0 heterocycles. The summed E-state index contributed by atoms with van der Waals surface area (Å²) in [7, 11) is 0. The van der Waals surface area contributed by atoms with Gasteiger partial charge in [-0.15, -0.1) is 12.8 Å². The zero-order chi connectivity index (χ0) is 7.11. The van der Waals surface area contributed by atoms with Crippen LogP contribution >= 0.6 is 0 Å². The lowest BCUT2D eigenvalue weighted by atomic mass is 10.00. The minimum Gasteiger partial charge on any atom is -0.300 e. The normalized spacial score (nSPS) is 17.8. The first kappa shape index (κ1) is 8.23. The van der Waals surface area contributed by atoms with Crippen molar-refractivity contribution in [3.8, 4) is 12.8 Å². The average Bonchev–Trinajstić information content (AvgIpc) is 1.94. The van der Waals surface area contributed by atoms with Gasteiger partial charge in [-0.05, 0) is 12.8 Å². The summed E-state index contributed by atoms with van der Waals surface area (Å²) >= 11 is 0. The second-order valence-electron chi connectivity index (χ2n) is 2.10. The summed E-state index contributed by atoms with van der Waals surface area (Å²) in [4.78, 5) is 10.5. The maximum atomic E-state index is 10.5. The monoisotopic (exact) mass is 124 g/mol. The molecule has 9 heavy (non-hydrogen) atoms. The Labute approximate surface area is 56.5 Å². The number of rotatable bonds is 0. The standard InChI is InChI=1S/C6H10O.C2H2/c7-6-4-2-1-3-5-6;1-2/h1-5H2;1-2H. The Morgan fingerprint density at radius 1 is 1.00 bits per heavy atom. The van der Waals surface area contributed by atoms with Crippen molar-refractivity contribution < 1.29 is 4.79 Å². The second-order valence-corrected chi connectivity index (χ2v) is 2.10. The highest BCUT2D eigenvalue weighted by Crippen LogP contribution is 2.12. The van der Waals surface area contributed by atoms with E-state index in [0.29, 0.717) is 5.78 Å². The molecule has 0 N–H and O–H groups in total. The van der Waals surface area contributed by atoms with Gasteiger partial charge in [-0.1, -0.05) is 6.42 Å². The van der Waals surface area contributed by atoms with Gasteiger partial charge in [0.1, 0.15) is 5.78 Å². The van der Waals surface area contributed by atoms with Gasteiger partial charge in [-0.3, -0.25) is 4.79 Å². The van der Waals surface area contributed by atoms with Gasteiger partial charge in [-0.2, -0.15) is 0 Å². The van der Waals surface area contributed by atoms with E-state index < -0.39 is 0 Å². The third-order valence-corrected chi connectivity index (χ3v) is 1.41. The molecule has 0 radical (unpaired) electrons. The molecule has 1 aliphatic rings. The number of hydrogen-bond acceptors (Lipinski definition) is 1. The molecule has 0 aromatic rings. The van der Waals surface area contributed by atoms with Gasteiger partial charge in [0.15, 0.2) is 0 Å². The predicted molar refractivity (Wildman–Crippen MR) is 38.0 cm³/mol. The van der Waals surface area contributed by atoms with Crippen molar-refractivity contribution in [2.24, 2.45) is 0 Å². The smallest absolute Gasteiger partial charge is 0.132 e. The van der Waals surface area contributed by atoms with E-state index >= 15 is 0 Å². The number of terminal acetylenes is 1. The molecule has 0 aromatic heterocycles. The van der Waals surface area contributed by atoms with Gasteiger partial charge in [0.25, 0.3) is 0 Å². The first-order valence-corrected chi connectivity index (χ1v) is 3.24. The molecule has 0 amide bonds. The lowest BCUT2D eigenvalue weighted by Gasteiger charge is -2.05. The number of ketones is 1. The summed E-state index contributed by atoms with van der Waals surface area (Å²) in [6.45, 7) is 0. The van der Waals surface area contributed by atoms with Crippen LogP contribution in [-0.2, 0) is 4.79 Å².